The largest absolute Gasteiger partial charge is 0.502 e. The molecule has 1 aromatic carbocycles. The number of nitro groups is 1. The maximum Gasteiger partial charge on any atom is 0.311 e. The summed E-state index contributed by atoms with van der Waals surface area (Å²) in [6.07, 6.45) is 3.17. The van der Waals surface area contributed by atoms with E-state index < -0.39 is 4.92 Å². The molecule has 0 saturated carbocycles. The molecule has 21 heavy (non-hydrogen) atoms. The Morgan fingerprint density at radius 2 is 2.14 bits per heavy atom. The Kier molecular flexibility index (Phi) is 5.52. The highest BCUT2D eigenvalue weighted by atomic mass is 16.6. The molecule has 0 bridgehead atoms. The molecule has 0 unspecified atom stereocenters. The van der Waals surface area contributed by atoms with Gasteiger partial charge in [0, 0.05) is 38.3 Å². The van der Waals surface area contributed by atoms with E-state index >= 15 is 0 Å². The van der Waals surface area contributed by atoms with Crippen molar-refractivity contribution in [1.82, 2.24) is 10.2 Å². The van der Waals surface area contributed by atoms with E-state index in [1.165, 1.54) is 12.1 Å². The van der Waals surface area contributed by atoms with Crippen LogP contribution in [-0.4, -0.2) is 41.1 Å². The van der Waals surface area contributed by atoms with Crippen LogP contribution in [0.25, 0.3) is 0 Å². The van der Waals surface area contributed by atoms with E-state index in [0.29, 0.717) is 0 Å². The van der Waals surface area contributed by atoms with Crippen molar-refractivity contribution in [2.45, 2.75) is 32.2 Å². The van der Waals surface area contributed by atoms with Gasteiger partial charge in [0.05, 0.1) is 4.92 Å². The average molecular weight is 293 g/mol. The predicted molar refractivity (Wildman–Crippen MR) is 81.5 cm³/mol. The maximum atomic E-state index is 11.0. The third-order valence-corrected chi connectivity index (χ3v) is 4.00. The van der Waals surface area contributed by atoms with Gasteiger partial charge in [0.15, 0.2) is 5.75 Å². The topological polar surface area (TPSA) is 78.6 Å². The fourth-order valence-electron chi connectivity index (χ4n) is 2.85. The molecule has 1 atom stereocenters. The molecule has 1 aliphatic heterocycles. The summed E-state index contributed by atoms with van der Waals surface area (Å²) >= 11 is 0. The van der Waals surface area contributed by atoms with E-state index in [2.05, 4.69) is 17.1 Å². The molecule has 116 valence electrons. The summed E-state index contributed by atoms with van der Waals surface area (Å²) in [5, 5.41) is 23.9. The Hall–Kier alpha value is -1.66. The number of nitro benzene ring substituents is 1. The van der Waals surface area contributed by atoms with Gasteiger partial charge in [-0.1, -0.05) is 25.8 Å². The molecular weight excluding hydrogens is 270 g/mol. The Balaban J connectivity index is 2.26. The van der Waals surface area contributed by atoms with Crippen molar-refractivity contribution in [3.05, 3.63) is 33.9 Å². The fourth-order valence-corrected chi connectivity index (χ4v) is 2.85. The minimum Gasteiger partial charge on any atom is -0.502 e. The van der Waals surface area contributed by atoms with E-state index in [0.717, 1.165) is 51.0 Å². The monoisotopic (exact) mass is 293 g/mol. The number of hydrogen-bond acceptors (Lipinski definition) is 5. The first-order valence-corrected chi connectivity index (χ1v) is 7.55. The molecule has 6 heteroatoms. The quantitative estimate of drug-likeness (QED) is 0.622. The number of hydrogen-bond donors (Lipinski definition) is 2. The van der Waals surface area contributed by atoms with Gasteiger partial charge in [-0.25, -0.2) is 0 Å². The molecule has 1 heterocycles. The third-order valence-electron chi connectivity index (χ3n) is 4.00. The standard InChI is InChI=1S/C15H23N3O3/c1-2-3-4-13(17-9-7-16-8-10-17)12-5-6-15(19)14(11-12)18(20)21/h5-6,11,13,16,19H,2-4,7-10H2,1H3/t13-/m1/s1. The molecule has 0 aromatic heterocycles. The number of unbranched alkanes of at least 4 members (excludes halogenated alkanes) is 1. The molecule has 0 amide bonds. The zero-order valence-corrected chi connectivity index (χ0v) is 12.4. The van der Waals surface area contributed by atoms with Crippen LogP contribution >= 0.6 is 0 Å². The van der Waals surface area contributed by atoms with Crippen molar-refractivity contribution in [2.75, 3.05) is 26.2 Å². The van der Waals surface area contributed by atoms with Gasteiger partial charge >= 0.3 is 5.69 Å². The van der Waals surface area contributed by atoms with Crippen LogP contribution in [0.4, 0.5) is 5.69 Å². The summed E-state index contributed by atoms with van der Waals surface area (Å²) in [6, 6.07) is 4.96. The SMILES string of the molecule is CCCC[C@H](c1ccc(O)c([N+](=O)[O-])c1)N1CCNCC1. The summed E-state index contributed by atoms with van der Waals surface area (Å²) in [4.78, 5) is 12.9. The van der Waals surface area contributed by atoms with Crippen molar-refractivity contribution < 1.29 is 10.0 Å². The number of nitrogens with zero attached hydrogens (tertiary/aromatic N) is 2. The van der Waals surface area contributed by atoms with E-state index in [-0.39, 0.29) is 17.5 Å². The van der Waals surface area contributed by atoms with Gasteiger partial charge in [-0.2, -0.15) is 0 Å². The van der Waals surface area contributed by atoms with Gasteiger partial charge < -0.3 is 10.4 Å². The van der Waals surface area contributed by atoms with Crippen LogP contribution < -0.4 is 5.32 Å². The highest BCUT2D eigenvalue weighted by Gasteiger charge is 2.24. The first kappa shape index (κ1) is 15.7. The van der Waals surface area contributed by atoms with Gasteiger partial charge in [-0.15, -0.1) is 0 Å². The molecule has 0 spiro atoms. The summed E-state index contributed by atoms with van der Waals surface area (Å²) in [6.45, 7) is 5.94. The molecular formula is C15H23N3O3. The normalized spacial score (nSPS) is 17.6. The number of benzene rings is 1. The minimum atomic E-state index is -0.520. The fraction of sp³-hybridized carbons (Fsp3) is 0.600. The highest BCUT2D eigenvalue weighted by Crippen LogP contribution is 2.33. The van der Waals surface area contributed by atoms with E-state index in [4.69, 9.17) is 0 Å². The van der Waals surface area contributed by atoms with Crippen molar-refractivity contribution in [2.24, 2.45) is 0 Å². The van der Waals surface area contributed by atoms with Gasteiger partial charge in [0.25, 0.3) is 0 Å². The lowest BCUT2D eigenvalue weighted by molar-refractivity contribution is -0.386. The molecule has 2 rings (SSSR count). The van der Waals surface area contributed by atoms with Crippen LogP contribution in [0.15, 0.2) is 18.2 Å². The van der Waals surface area contributed by atoms with Gasteiger partial charge in [0.1, 0.15) is 0 Å². The second kappa shape index (κ2) is 7.38. The molecule has 0 radical (unpaired) electrons. The van der Waals surface area contributed by atoms with Crippen LogP contribution in [0.2, 0.25) is 0 Å². The van der Waals surface area contributed by atoms with Crippen LogP contribution in [0.5, 0.6) is 5.75 Å². The summed E-state index contributed by atoms with van der Waals surface area (Å²) in [5.74, 6) is -0.265. The Bertz CT molecular complexity index is 487. The summed E-state index contributed by atoms with van der Waals surface area (Å²) < 4.78 is 0. The van der Waals surface area contributed by atoms with Crippen molar-refractivity contribution in [3.63, 3.8) is 0 Å². The Labute approximate surface area is 124 Å². The van der Waals surface area contributed by atoms with Gasteiger partial charge in [-0.3, -0.25) is 15.0 Å². The number of nitrogens with one attached hydrogen (secondary N) is 1. The molecule has 1 aliphatic rings. The summed E-state index contributed by atoms with van der Waals surface area (Å²) in [5.41, 5.74) is 0.721. The third kappa shape index (κ3) is 3.92. The van der Waals surface area contributed by atoms with Crippen LogP contribution in [0.1, 0.15) is 37.8 Å². The van der Waals surface area contributed by atoms with Crippen molar-refractivity contribution in [1.29, 1.82) is 0 Å². The summed E-state index contributed by atoms with van der Waals surface area (Å²) in [7, 11) is 0. The molecule has 2 N–H and O–H groups in total. The second-order valence-electron chi connectivity index (χ2n) is 5.45. The van der Waals surface area contributed by atoms with E-state index in [9.17, 15) is 15.2 Å². The minimum absolute atomic E-state index is 0.186. The maximum absolute atomic E-state index is 11.0. The van der Waals surface area contributed by atoms with Crippen LogP contribution in [0, 0.1) is 10.1 Å². The molecule has 1 aromatic rings. The number of rotatable bonds is 6. The zero-order chi connectivity index (χ0) is 15.2. The van der Waals surface area contributed by atoms with Crippen LogP contribution in [-0.2, 0) is 0 Å². The zero-order valence-electron chi connectivity index (χ0n) is 12.4. The van der Waals surface area contributed by atoms with E-state index in [1.54, 1.807) is 0 Å². The molecule has 1 saturated heterocycles. The smallest absolute Gasteiger partial charge is 0.311 e. The second-order valence-corrected chi connectivity index (χ2v) is 5.45. The van der Waals surface area contributed by atoms with Crippen molar-refractivity contribution >= 4 is 5.69 Å². The first-order chi connectivity index (χ1) is 10.1. The molecule has 0 aliphatic carbocycles. The lowest BCUT2D eigenvalue weighted by Gasteiger charge is -2.35. The number of phenolic OH excluding ortho intramolecular Hbond substituents is 1. The number of phenols is 1. The molecule has 1 fully saturated rings. The van der Waals surface area contributed by atoms with E-state index in [1.807, 2.05) is 6.07 Å². The number of aromatic hydroxyl groups is 1. The lowest BCUT2D eigenvalue weighted by atomic mass is 9.98. The number of piperazine rings is 1. The molecule has 6 nitrogen and oxygen atoms in total. The van der Waals surface area contributed by atoms with Gasteiger partial charge in [-0.05, 0) is 18.1 Å². The highest BCUT2D eigenvalue weighted by molar-refractivity contribution is 5.48. The Morgan fingerprint density at radius 3 is 2.76 bits per heavy atom. The average Bonchev–Trinajstić information content (AvgIpc) is 2.50. The Morgan fingerprint density at radius 1 is 1.43 bits per heavy atom. The van der Waals surface area contributed by atoms with Gasteiger partial charge in [0.2, 0.25) is 0 Å². The predicted octanol–water partition coefficient (Wildman–Crippen LogP) is 2.44. The van der Waals surface area contributed by atoms with Crippen LogP contribution in [0.3, 0.4) is 0 Å². The lowest BCUT2D eigenvalue weighted by Crippen LogP contribution is -2.45. The van der Waals surface area contributed by atoms with Crippen molar-refractivity contribution in [3.8, 4) is 5.75 Å². The first-order valence-electron chi connectivity index (χ1n) is 7.55.